The zero-order valence-corrected chi connectivity index (χ0v) is 16.8. The average Bonchev–Trinajstić information content (AvgIpc) is 3.07. The van der Waals surface area contributed by atoms with Crippen LogP contribution in [0.1, 0.15) is 48.0 Å². The van der Waals surface area contributed by atoms with Crippen LogP contribution < -0.4 is 10.6 Å². The van der Waals surface area contributed by atoms with E-state index in [1.54, 1.807) is 0 Å². The van der Waals surface area contributed by atoms with Gasteiger partial charge >= 0.3 is 6.18 Å². The molecule has 156 valence electrons. The van der Waals surface area contributed by atoms with Gasteiger partial charge in [-0.2, -0.15) is 24.9 Å². The first-order chi connectivity index (χ1) is 13.2. The molecule has 0 radical (unpaired) electrons. The van der Waals surface area contributed by atoms with Gasteiger partial charge < -0.3 is 15.4 Å². The summed E-state index contributed by atoms with van der Waals surface area (Å²) in [6, 6.07) is 2.92. The van der Waals surface area contributed by atoms with Crippen molar-refractivity contribution in [2.24, 2.45) is 0 Å². The zero-order chi connectivity index (χ0) is 20.8. The highest BCUT2D eigenvalue weighted by molar-refractivity contribution is 7.98. The fraction of sp³-hybridized carbons (Fsp3) is 0.579. The summed E-state index contributed by atoms with van der Waals surface area (Å²) in [6.45, 7) is 0.302. The summed E-state index contributed by atoms with van der Waals surface area (Å²) in [6.07, 6.45) is 0.640. The third-order valence-corrected chi connectivity index (χ3v) is 5.31. The third kappa shape index (κ3) is 6.13. The Bertz CT molecular complexity index is 704. The van der Waals surface area contributed by atoms with Crippen LogP contribution in [0.4, 0.5) is 18.9 Å². The summed E-state index contributed by atoms with van der Waals surface area (Å²) < 4.78 is 45.1. The van der Waals surface area contributed by atoms with Gasteiger partial charge in [0.15, 0.2) is 0 Å². The number of carbonyl (C=O) groups is 2. The van der Waals surface area contributed by atoms with Crippen molar-refractivity contribution < 1.29 is 27.5 Å². The predicted molar refractivity (Wildman–Crippen MR) is 104 cm³/mol. The van der Waals surface area contributed by atoms with Gasteiger partial charge in [-0.3, -0.25) is 9.59 Å². The number of amides is 2. The van der Waals surface area contributed by atoms with Gasteiger partial charge in [-0.15, -0.1) is 0 Å². The van der Waals surface area contributed by atoms with E-state index >= 15 is 0 Å². The number of rotatable bonds is 8. The first kappa shape index (κ1) is 22.5. The lowest BCUT2D eigenvalue weighted by Crippen LogP contribution is -2.49. The quantitative estimate of drug-likeness (QED) is 0.668. The largest absolute Gasteiger partial charge is 0.416 e. The van der Waals surface area contributed by atoms with Crippen molar-refractivity contribution >= 4 is 29.3 Å². The molecule has 1 saturated carbocycles. The van der Waals surface area contributed by atoms with Crippen molar-refractivity contribution in [1.29, 1.82) is 0 Å². The Balaban J connectivity index is 2.27. The molecule has 0 atom stereocenters. The number of ether oxygens (including phenoxy) is 1. The van der Waals surface area contributed by atoms with E-state index in [0.717, 1.165) is 25.0 Å². The standard InChI is InChI=1S/C19H25F3N2O3S/c1-27-12-18(6-3-4-7-18)24-17(26)13-9-14(19(20,21)22)11-15(10-13)23-16(25)5-8-28-2/h9-11H,3-8,12H2,1-2H3,(H,23,25)(H,24,26). The summed E-state index contributed by atoms with van der Waals surface area (Å²) in [5.74, 6) is -0.450. The van der Waals surface area contributed by atoms with Crippen molar-refractivity contribution in [3.8, 4) is 0 Å². The van der Waals surface area contributed by atoms with E-state index < -0.39 is 29.1 Å². The van der Waals surface area contributed by atoms with Crippen LogP contribution in [-0.4, -0.2) is 43.1 Å². The fourth-order valence-electron chi connectivity index (χ4n) is 3.36. The molecule has 9 heteroatoms. The third-order valence-electron chi connectivity index (χ3n) is 4.70. The van der Waals surface area contributed by atoms with Gasteiger partial charge in [-0.1, -0.05) is 12.8 Å². The molecule has 2 rings (SSSR count). The van der Waals surface area contributed by atoms with Crippen LogP contribution in [-0.2, 0) is 15.7 Å². The van der Waals surface area contributed by atoms with Crippen molar-refractivity contribution in [3.05, 3.63) is 29.3 Å². The molecule has 0 aliphatic heterocycles. The summed E-state index contributed by atoms with van der Waals surface area (Å²) in [4.78, 5) is 24.6. The molecule has 1 fully saturated rings. The minimum atomic E-state index is -4.63. The molecule has 0 heterocycles. The molecule has 1 aliphatic carbocycles. The molecule has 1 aromatic rings. The van der Waals surface area contributed by atoms with Crippen LogP contribution in [0.15, 0.2) is 18.2 Å². The van der Waals surface area contributed by atoms with E-state index in [1.165, 1.54) is 24.9 Å². The van der Waals surface area contributed by atoms with Crippen LogP contribution in [0.5, 0.6) is 0 Å². The summed E-state index contributed by atoms with van der Waals surface area (Å²) >= 11 is 1.46. The molecule has 0 spiro atoms. The minimum absolute atomic E-state index is 0.0432. The lowest BCUT2D eigenvalue weighted by Gasteiger charge is -2.29. The van der Waals surface area contributed by atoms with Crippen LogP contribution in [0.25, 0.3) is 0 Å². The number of benzene rings is 1. The first-order valence-electron chi connectivity index (χ1n) is 9.02. The Morgan fingerprint density at radius 1 is 1.21 bits per heavy atom. The van der Waals surface area contributed by atoms with E-state index in [-0.39, 0.29) is 17.7 Å². The number of anilines is 1. The number of hydrogen-bond donors (Lipinski definition) is 2. The van der Waals surface area contributed by atoms with Gasteiger partial charge in [-0.05, 0) is 37.3 Å². The van der Waals surface area contributed by atoms with Gasteiger partial charge in [-0.25, -0.2) is 0 Å². The topological polar surface area (TPSA) is 67.4 Å². The molecule has 0 aromatic heterocycles. The minimum Gasteiger partial charge on any atom is -0.382 e. The van der Waals surface area contributed by atoms with Gasteiger partial charge in [0.1, 0.15) is 0 Å². The summed E-state index contributed by atoms with van der Waals surface area (Å²) in [5.41, 5.74) is -1.73. The second-order valence-corrected chi connectivity index (χ2v) is 7.95. The Hall–Kier alpha value is -1.74. The van der Waals surface area contributed by atoms with E-state index in [0.29, 0.717) is 25.2 Å². The Labute approximate surface area is 166 Å². The average molecular weight is 418 g/mol. The number of alkyl halides is 3. The van der Waals surface area contributed by atoms with Crippen LogP contribution in [0, 0.1) is 0 Å². The maximum Gasteiger partial charge on any atom is 0.416 e. The number of halogens is 3. The Morgan fingerprint density at radius 2 is 1.89 bits per heavy atom. The lowest BCUT2D eigenvalue weighted by atomic mass is 9.97. The first-order valence-corrected chi connectivity index (χ1v) is 10.4. The molecule has 0 unspecified atom stereocenters. The van der Waals surface area contributed by atoms with Gasteiger partial charge in [0.25, 0.3) is 5.91 Å². The van der Waals surface area contributed by atoms with Crippen LogP contribution >= 0.6 is 11.8 Å². The van der Waals surface area contributed by atoms with Gasteiger partial charge in [0.05, 0.1) is 17.7 Å². The maximum absolute atomic E-state index is 13.3. The van der Waals surface area contributed by atoms with Crippen LogP contribution in [0.2, 0.25) is 0 Å². The highest BCUT2D eigenvalue weighted by Crippen LogP contribution is 2.33. The van der Waals surface area contributed by atoms with E-state index in [4.69, 9.17) is 4.74 Å². The molecule has 2 amide bonds. The molecule has 0 bridgehead atoms. The number of carbonyl (C=O) groups excluding carboxylic acids is 2. The molecule has 1 aliphatic rings. The number of thioether (sulfide) groups is 1. The van der Waals surface area contributed by atoms with Crippen molar-refractivity contribution in [1.82, 2.24) is 5.32 Å². The Morgan fingerprint density at radius 3 is 2.46 bits per heavy atom. The SMILES string of the molecule is COCC1(NC(=O)c2cc(NC(=O)CCSC)cc(C(F)(F)F)c2)CCCC1. The van der Waals surface area contributed by atoms with E-state index in [1.807, 2.05) is 6.26 Å². The molecule has 5 nitrogen and oxygen atoms in total. The van der Waals surface area contributed by atoms with E-state index in [2.05, 4.69) is 10.6 Å². The van der Waals surface area contributed by atoms with Crippen molar-refractivity contribution in [3.63, 3.8) is 0 Å². The summed E-state index contributed by atoms with van der Waals surface area (Å²) in [7, 11) is 1.53. The zero-order valence-electron chi connectivity index (χ0n) is 15.9. The van der Waals surface area contributed by atoms with Gasteiger partial charge in [0, 0.05) is 30.5 Å². The highest BCUT2D eigenvalue weighted by Gasteiger charge is 2.37. The monoisotopic (exact) mass is 418 g/mol. The summed E-state index contributed by atoms with van der Waals surface area (Å²) in [5, 5.41) is 5.31. The molecule has 0 saturated heterocycles. The molecular weight excluding hydrogens is 393 g/mol. The molecule has 28 heavy (non-hydrogen) atoms. The van der Waals surface area contributed by atoms with Crippen molar-refractivity contribution in [2.45, 2.75) is 43.8 Å². The number of nitrogens with one attached hydrogen (secondary N) is 2. The second-order valence-electron chi connectivity index (χ2n) is 6.96. The van der Waals surface area contributed by atoms with Crippen molar-refractivity contribution in [2.75, 3.05) is 31.0 Å². The smallest absolute Gasteiger partial charge is 0.382 e. The maximum atomic E-state index is 13.3. The molecule has 2 N–H and O–H groups in total. The molecular formula is C19H25F3N2O3S. The predicted octanol–water partition coefficient (Wildman–Crippen LogP) is 4.09. The second kappa shape index (κ2) is 9.65. The lowest BCUT2D eigenvalue weighted by molar-refractivity contribution is -0.137. The van der Waals surface area contributed by atoms with Gasteiger partial charge in [0.2, 0.25) is 5.91 Å². The number of hydrogen-bond acceptors (Lipinski definition) is 4. The highest BCUT2D eigenvalue weighted by atomic mass is 32.2. The molecule has 1 aromatic carbocycles. The van der Waals surface area contributed by atoms with E-state index in [9.17, 15) is 22.8 Å². The van der Waals surface area contributed by atoms with Crippen LogP contribution in [0.3, 0.4) is 0 Å². The Kier molecular flexibility index (Phi) is 7.77. The fourth-order valence-corrected chi connectivity index (χ4v) is 3.75. The normalized spacial score (nSPS) is 16.0. The number of methoxy groups -OCH3 is 1.